The van der Waals surface area contributed by atoms with E-state index in [0.29, 0.717) is 17.4 Å². The van der Waals surface area contributed by atoms with Gasteiger partial charge in [-0.2, -0.15) is 0 Å². The van der Waals surface area contributed by atoms with Crippen molar-refractivity contribution in [1.29, 1.82) is 0 Å². The van der Waals surface area contributed by atoms with E-state index >= 15 is 0 Å². The van der Waals surface area contributed by atoms with Crippen LogP contribution in [0.25, 0.3) is 0 Å². The average molecular weight is 238 g/mol. The van der Waals surface area contributed by atoms with Crippen molar-refractivity contribution in [2.24, 2.45) is 0 Å². The monoisotopic (exact) mass is 238 g/mol. The summed E-state index contributed by atoms with van der Waals surface area (Å²) in [5.74, 6) is 1.84. The zero-order valence-corrected chi connectivity index (χ0v) is 10.2. The molecule has 94 valence electrons. The van der Waals surface area contributed by atoms with E-state index in [1.165, 1.54) is 6.33 Å². The first kappa shape index (κ1) is 11.9. The number of anilines is 2. The van der Waals surface area contributed by atoms with Crippen molar-refractivity contribution < 1.29 is 9.84 Å². The zero-order valence-electron chi connectivity index (χ0n) is 10.2. The van der Waals surface area contributed by atoms with E-state index < -0.39 is 0 Å². The smallest absolute Gasteiger partial charge is 0.204 e. The molecule has 0 aliphatic heterocycles. The summed E-state index contributed by atoms with van der Waals surface area (Å²) in [6, 6.07) is 0. The highest BCUT2D eigenvalue weighted by Gasteiger charge is 2.37. The van der Waals surface area contributed by atoms with Crippen molar-refractivity contribution in [3.8, 4) is 5.75 Å². The maximum Gasteiger partial charge on any atom is 0.204 e. The quantitative estimate of drug-likeness (QED) is 0.706. The van der Waals surface area contributed by atoms with Gasteiger partial charge in [-0.15, -0.1) is 0 Å². The minimum Gasteiger partial charge on any atom is -0.490 e. The van der Waals surface area contributed by atoms with E-state index in [1.807, 2.05) is 0 Å². The highest BCUT2D eigenvalue weighted by molar-refractivity contribution is 5.64. The summed E-state index contributed by atoms with van der Waals surface area (Å²) in [5, 5.41) is 15.6. The number of rotatable bonds is 5. The number of aliphatic hydroxyl groups is 1. The first-order valence-corrected chi connectivity index (χ1v) is 5.70. The third kappa shape index (κ3) is 2.12. The highest BCUT2D eigenvalue weighted by Crippen LogP contribution is 2.38. The lowest BCUT2D eigenvalue weighted by molar-refractivity contribution is 0.143. The molecule has 0 atom stereocenters. The second-order valence-corrected chi connectivity index (χ2v) is 4.27. The fourth-order valence-corrected chi connectivity index (χ4v) is 2.01. The average Bonchev–Trinajstić information content (AvgIpc) is 2.33. The number of hydrogen-bond acceptors (Lipinski definition) is 6. The van der Waals surface area contributed by atoms with E-state index in [2.05, 4.69) is 20.6 Å². The summed E-state index contributed by atoms with van der Waals surface area (Å²) in [4.78, 5) is 8.25. The molecule has 0 spiro atoms. The fraction of sp³-hybridized carbons (Fsp3) is 0.636. The van der Waals surface area contributed by atoms with Crippen molar-refractivity contribution in [1.82, 2.24) is 9.97 Å². The lowest BCUT2D eigenvalue weighted by Crippen LogP contribution is -2.48. The van der Waals surface area contributed by atoms with Crippen LogP contribution in [0, 0.1) is 0 Å². The highest BCUT2D eigenvalue weighted by atomic mass is 16.5. The largest absolute Gasteiger partial charge is 0.490 e. The van der Waals surface area contributed by atoms with Crippen LogP contribution in [-0.2, 0) is 0 Å². The molecule has 1 fully saturated rings. The molecule has 1 aromatic heterocycles. The van der Waals surface area contributed by atoms with Crippen LogP contribution in [0.4, 0.5) is 11.6 Å². The molecule has 2 rings (SSSR count). The number of ether oxygens (including phenoxy) is 1. The Morgan fingerprint density at radius 1 is 1.41 bits per heavy atom. The van der Waals surface area contributed by atoms with Crippen LogP contribution in [-0.4, -0.2) is 41.4 Å². The standard InChI is InChI=1S/C11H18N4O2/c1-12-9-8(17-2)10(14-7-13-9)15-11(6-16)4-3-5-11/h7,16H,3-6H2,1-2H3,(H2,12,13,14,15). The number of nitrogens with one attached hydrogen (secondary N) is 2. The van der Waals surface area contributed by atoms with E-state index in [0.717, 1.165) is 19.3 Å². The Labute approximate surface area is 100 Å². The van der Waals surface area contributed by atoms with Gasteiger partial charge in [0.2, 0.25) is 5.75 Å². The normalized spacial score (nSPS) is 17.1. The summed E-state index contributed by atoms with van der Waals surface area (Å²) in [6.07, 6.45) is 4.50. The maximum absolute atomic E-state index is 9.43. The molecule has 1 aliphatic rings. The lowest BCUT2D eigenvalue weighted by atomic mass is 9.77. The van der Waals surface area contributed by atoms with Gasteiger partial charge in [0, 0.05) is 7.05 Å². The molecule has 1 aliphatic carbocycles. The van der Waals surface area contributed by atoms with Gasteiger partial charge in [-0.25, -0.2) is 9.97 Å². The van der Waals surface area contributed by atoms with Crippen LogP contribution in [0.2, 0.25) is 0 Å². The molecule has 0 saturated heterocycles. The Morgan fingerprint density at radius 3 is 2.59 bits per heavy atom. The van der Waals surface area contributed by atoms with Crippen LogP contribution in [0.1, 0.15) is 19.3 Å². The van der Waals surface area contributed by atoms with Crippen LogP contribution in [0.5, 0.6) is 5.75 Å². The molecule has 6 heteroatoms. The van der Waals surface area contributed by atoms with Crippen LogP contribution in [0.15, 0.2) is 6.33 Å². The summed E-state index contributed by atoms with van der Waals surface area (Å²) in [6.45, 7) is 0.106. The first-order chi connectivity index (χ1) is 8.24. The molecule has 1 saturated carbocycles. The molecule has 3 N–H and O–H groups in total. The van der Waals surface area contributed by atoms with Gasteiger partial charge < -0.3 is 20.5 Å². The number of methoxy groups -OCH3 is 1. The maximum atomic E-state index is 9.43. The molecule has 0 aromatic carbocycles. The molecule has 6 nitrogen and oxygen atoms in total. The van der Waals surface area contributed by atoms with Gasteiger partial charge >= 0.3 is 0 Å². The molecular weight excluding hydrogens is 220 g/mol. The SMILES string of the molecule is CNc1ncnc(NC2(CO)CCC2)c1OC. The minimum absolute atomic E-state index is 0.106. The van der Waals surface area contributed by atoms with E-state index in [-0.39, 0.29) is 12.1 Å². The Morgan fingerprint density at radius 2 is 2.12 bits per heavy atom. The third-order valence-electron chi connectivity index (χ3n) is 3.24. The topological polar surface area (TPSA) is 79.3 Å². The van der Waals surface area contributed by atoms with Crippen molar-refractivity contribution in [3.05, 3.63) is 6.33 Å². The lowest BCUT2D eigenvalue weighted by Gasteiger charge is -2.41. The van der Waals surface area contributed by atoms with Crippen LogP contribution >= 0.6 is 0 Å². The number of nitrogens with zero attached hydrogens (tertiary/aromatic N) is 2. The predicted octanol–water partition coefficient (Wildman–Crippen LogP) is 0.854. The molecule has 1 aromatic rings. The van der Waals surface area contributed by atoms with Crippen molar-refractivity contribution in [3.63, 3.8) is 0 Å². The molecule has 0 radical (unpaired) electrons. The third-order valence-corrected chi connectivity index (χ3v) is 3.24. The number of aromatic nitrogens is 2. The van der Waals surface area contributed by atoms with Crippen molar-refractivity contribution in [2.75, 3.05) is 31.4 Å². The molecule has 1 heterocycles. The van der Waals surface area contributed by atoms with Crippen LogP contribution < -0.4 is 15.4 Å². The summed E-state index contributed by atoms with van der Waals surface area (Å²) < 4.78 is 5.29. The number of aliphatic hydroxyl groups excluding tert-OH is 1. The van der Waals surface area contributed by atoms with Gasteiger partial charge in [0.05, 0.1) is 19.3 Å². The van der Waals surface area contributed by atoms with Crippen molar-refractivity contribution >= 4 is 11.6 Å². The Balaban J connectivity index is 2.25. The molecule has 0 bridgehead atoms. The van der Waals surface area contributed by atoms with E-state index in [1.54, 1.807) is 14.2 Å². The molecule has 0 unspecified atom stereocenters. The zero-order chi connectivity index (χ0) is 12.3. The van der Waals surface area contributed by atoms with Gasteiger partial charge in [-0.3, -0.25) is 0 Å². The first-order valence-electron chi connectivity index (χ1n) is 5.70. The van der Waals surface area contributed by atoms with Gasteiger partial charge in [0.25, 0.3) is 0 Å². The minimum atomic E-state index is -0.243. The van der Waals surface area contributed by atoms with Crippen LogP contribution in [0.3, 0.4) is 0 Å². The Bertz CT molecular complexity index is 388. The summed E-state index contributed by atoms with van der Waals surface area (Å²) in [5.41, 5.74) is -0.243. The van der Waals surface area contributed by atoms with Gasteiger partial charge in [-0.1, -0.05) is 0 Å². The number of hydrogen-bond donors (Lipinski definition) is 3. The van der Waals surface area contributed by atoms with Gasteiger partial charge in [-0.05, 0) is 19.3 Å². The summed E-state index contributed by atoms with van der Waals surface area (Å²) >= 11 is 0. The molecular formula is C11H18N4O2. The van der Waals surface area contributed by atoms with Crippen molar-refractivity contribution in [2.45, 2.75) is 24.8 Å². The van der Waals surface area contributed by atoms with Gasteiger partial charge in [0.15, 0.2) is 11.6 Å². The summed E-state index contributed by atoms with van der Waals surface area (Å²) in [7, 11) is 3.36. The van der Waals surface area contributed by atoms with E-state index in [4.69, 9.17) is 4.74 Å². The predicted molar refractivity (Wildman–Crippen MR) is 65.4 cm³/mol. The van der Waals surface area contributed by atoms with E-state index in [9.17, 15) is 5.11 Å². The fourth-order valence-electron chi connectivity index (χ4n) is 2.01. The van der Waals surface area contributed by atoms with Gasteiger partial charge in [0.1, 0.15) is 6.33 Å². The molecule has 0 amide bonds. The second-order valence-electron chi connectivity index (χ2n) is 4.27. The Hall–Kier alpha value is -1.56. The Kier molecular flexibility index (Phi) is 3.33. The molecule has 17 heavy (non-hydrogen) atoms. The second kappa shape index (κ2) is 4.75.